The molecule has 1 saturated heterocycles. The van der Waals surface area contributed by atoms with Crippen LogP contribution in [0.1, 0.15) is 43.0 Å². The van der Waals surface area contributed by atoms with Crippen LogP contribution in [0.4, 0.5) is 0 Å². The van der Waals surface area contributed by atoms with Gasteiger partial charge >= 0.3 is 0 Å². The normalized spacial score (nSPS) is 16.9. The van der Waals surface area contributed by atoms with Gasteiger partial charge in [-0.1, -0.05) is 18.6 Å². The minimum absolute atomic E-state index is 0. The van der Waals surface area contributed by atoms with Crippen LogP contribution in [0.5, 0.6) is 0 Å². The van der Waals surface area contributed by atoms with Gasteiger partial charge in [-0.3, -0.25) is 4.79 Å². The maximum Gasteiger partial charge on any atom is 0.252 e. The van der Waals surface area contributed by atoms with Crippen LogP contribution >= 0.6 is 12.4 Å². The third-order valence-corrected chi connectivity index (χ3v) is 5.91. The van der Waals surface area contributed by atoms with Gasteiger partial charge in [0, 0.05) is 25.7 Å². The fourth-order valence-electron chi connectivity index (χ4n) is 2.63. The van der Waals surface area contributed by atoms with E-state index >= 15 is 0 Å². The smallest absolute Gasteiger partial charge is 0.252 e. The fraction of sp³-hybridized carbons (Fsp3) is 0.562. The molecule has 1 heterocycles. The van der Waals surface area contributed by atoms with Crippen molar-refractivity contribution in [2.24, 2.45) is 5.73 Å². The number of hydrogen-bond acceptors (Lipinski definition) is 4. The number of carbonyl (C=O) groups is 1. The molecule has 0 aromatic heterocycles. The number of nitrogens with zero attached hydrogens (tertiary/aromatic N) is 1. The molecule has 1 aromatic rings. The Morgan fingerprint density at radius 3 is 2.50 bits per heavy atom. The molecule has 1 amide bonds. The fourth-order valence-corrected chi connectivity index (χ4v) is 4.34. The first-order valence-electron chi connectivity index (χ1n) is 8.06. The number of amides is 1. The van der Waals surface area contributed by atoms with E-state index < -0.39 is 10.0 Å². The van der Waals surface area contributed by atoms with Crippen LogP contribution in [-0.4, -0.2) is 44.3 Å². The average molecular weight is 376 g/mol. The van der Waals surface area contributed by atoms with Crippen LogP contribution in [0, 0.1) is 0 Å². The Morgan fingerprint density at radius 2 is 1.88 bits per heavy atom. The van der Waals surface area contributed by atoms with Crippen molar-refractivity contribution in [2.45, 2.75) is 43.5 Å². The SMILES string of the molecule is CC(N)CCNC(=O)c1ccccc1S(=O)(=O)N1CCCCC1.Cl. The molecule has 2 rings (SSSR count). The molecular weight excluding hydrogens is 350 g/mol. The summed E-state index contributed by atoms with van der Waals surface area (Å²) in [4.78, 5) is 12.4. The lowest BCUT2D eigenvalue weighted by Gasteiger charge is -2.26. The van der Waals surface area contributed by atoms with E-state index in [9.17, 15) is 13.2 Å². The van der Waals surface area contributed by atoms with Crippen LogP contribution in [0.3, 0.4) is 0 Å². The van der Waals surface area contributed by atoms with Gasteiger partial charge in [0.2, 0.25) is 10.0 Å². The molecule has 1 atom stereocenters. The highest BCUT2D eigenvalue weighted by Crippen LogP contribution is 2.23. The predicted octanol–water partition coefficient (Wildman–Crippen LogP) is 1.75. The standard InChI is InChI=1S/C16H25N3O3S.ClH/c1-13(17)9-10-18-16(20)14-7-3-4-8-15(14)23(21,22)19-11-5-2-6-12-19;/h3-4,7-8,13H,2,5-6,9-12,17H2,1H3,(H,18,20);1H. The van der Waals surface area contributed by atoms with Crippen LogP contribution in [0.15, 0.2) is 29.2 Å². The lowest BCUT2D eigenvalue weighted by atomic mass is 10.2. The molecule has 0 saturated carbocycles. The zero-order chi connectivity index (χ0) is 16.9. The number of rotatable bonds is 6. The van der Waals surface area contributed by atoms with E-state index in [4.69, 9.17) is 5.73 Å². The minimum Gasteiger partial charge on any atom is -0.352 e. The summed E-state index contributed by atoms with van der Waals surface area (Å²) in [6, 6.07) is 6.37. The van der Waals surface area contributed by atoms with Crippen molar-refractivity contribution in [1.29, 1.82) is 0 Å². The molecule has 1 fully saturated rings. The Balaban J connectivity index is 0.00000288. The zero-order valence-corrected chi connectivity index (χ0v) is 15.5. The Hall–Kier alpha value is -1.15. The maximum absolute atomic E-state index is 12.8. The molecule has 1 aliphatic heterocycles. The summed E-state index contributed by atoms with van der Waals surface area (Å²) in [6.45, 7) is 3.32. The maximum atomic E-state index is 12.8. The Bertz CT molecular complexity index is 644. The lowest BCUT2D eigenvalue weighted by Crippen LogP contribution is -2.37. The molecule has 6 nitrogen and oxygen atoms in total. The zero-order valence-electron chi connectivity index (χ0n) is 13.9. The summed E-state index contributed by atoms with van der Waals surface area (Å²) >= 11 is 0. The second-order valence-corrected chi connectivity index (χ2v) is 7.89. The van der Waals surface area contributed by atoms with Gasteiger partial charge in [0.15, 0.2) is 0 Å². The molecule has 0 bridgehead atoms. The van der Waals surface area contributed by atoms with Crippen molar-refractivity contribution >= 4 is 28.3 Å². The summed E-state index contributed by atoms with van der Waals surface area (Å²) in [5.41, 5.74) is 5.86. The van der Waals surface area contributed by atoms with Gasteiger partial charge in [-0.05, 0) is 38.3 Å². The first-order valence-corrected chi connectivity index (χ1v) is 9.50. The Kier molecular flexibility index (Phi) is 8.15. The quantitative estimate of drug-likeness (QED) is 0.792. The minimum atomic E-state index is -3.63. The number of sulfonamides is 1. The Morgan fingerprint density at radius 1 is 1.25 bits per heavy atom. The van der Waals surface area contributed by atoms with E-state index in [-0.39, 0.29) is 34.8 Å². The van der Waals surface area contributed by atoms with Crippen LogP contribution in [-0.2, 0) is 10.0 Å². The largest absolute Gasteiger partial charge is 0.352 e. The monoisotopic (exact) mass is 375 g/mol. The van der Waals surface area contributed by atoms with Crippen molar-refractivity contribution in [1.82, 2.24) is 9.62 Å². The molecule has 0 radical (unpaired) electrons. The van der Waals surface area contributed by atoms with E-state index in [0.29, 0.717) is 26.1 Å². The van der Waals surface area contributed by atoms with Crippen molar-refractivity contribution in [2.75, 3.05) is 19.6 Å². The van der Waals surface area contributed by atoms with Crippen LogP contribution in [0.25, 0.3) is 0 Å². The molecule has 8 heteroatoms. The highest BCUT2D eigenvalue weighted by atomic mass is 35.5. The molecule has 24 heavy (non-hydrogen) atoms. The number of benzene rings is 1. The van der Waals surface area contributed by atoms with Crippen molar-refractivity contribution in [3.8, 4) is 0 Å². The molecule has 136 valence electrons. The van der Waals surface area contributed by atoms with Gasteiger partial charge in [0.25, 0.3) is 5.91 Å². The highest BCUT2D eigenvalue weighted by molar-refractivity contribution is 7.89. The van der Waals surface area contributed by atoms with E-state index in [0.717, 1.165) is 19.3 Å². The number of hydrogen-bond donors (Lipinski definition) is 2. The molecular formula is C16H26ClN3O3S. The van der Waals surface area contributed by atoms with Gasteiger partial charge in [-0.25, -0.2) is 8.42 Å². The third-order valence-electron chi connectivity index (χ3n) is 3.95. The van der Waals surface area contributed by atoms with Crippen LogP contribution in [0.2, 0.25) is 0 Å². The topological polar surface area (TPSA) is 92.5 Å². The van der Waals surface area contributed by atoms with Crippen molar-refractivity contribution < 1.29 is 13.2 Å². The number of piperidine rings is 1. The average Bonchev–Trinajstić information content (AvgIpc) is 2.55. The van der Waals surface area contributed by atoms with E-state index in [2.05, 4.69) is 5.32 Å². The van der Waals surface area contributed by atoms with Gasteiger partial charge in [-0.15, -0.1) is 12.4 Å². The van der Waals surface area contributed by atoms with E-state index in [1.807, 2.05) is 6.92 Å². The number of halogens is 1. The first kappa shape index (κ1) is 20.9. The molecule has 0 aliphatic carbocycles. The number of nitrogens with two attached hydrogens (primary N) is 1. The van der Waals surface area contributed by atoms with Gasteiger partial charge in [0.1, 0.15) is 0 Å². The predicted molar refractivity (Wildman–Crippen MR) is 96.9 cm³/mol. The molecule has 1 aliphatic rings. The van der Waals surface area contributed by atoms with Gasteiger partial charge in [-0.2, -0.15) is 4.31 Å². The van der Waals surface area contributed by atoms with E-state index in [1.54, 1.807) is 18.2 Å². The molecule has 1 aromatic carbocycles. The third kappa shape index (κ3) is 5.17. The summed E-state index contributed by atoms with van der Waals surface area (Å²) < 4.78 is 27.1. The van der Waals surface area contributed by atoms with Gasteiger partial charge in [0.05, 0.1) is 10.5 Å². The molecule has 1 unspecified atom stereocenters. The summed E-state index contributed by atoms with van der Waals surface area (Å²) in [5, 5.41) is 2.74. The highest BCUT2D eigenvalue weighted by Gasteiger charge is 2.29. The second-order valence-electron chi connectivity index (χ2n) is 5.98. The summed E-state index contributed by atoms with van der Waals surface area (Å²) in [5.74, 6) is -0.373. The van der Waals surface area contributed by atoms with Crippen molar-refractivity contribution in [3.05, 3.63) is 29.8 Å². The van der Waals surface area contributed by atoms with E-state index in [1.165, 1.54) is 10.4 Å². The lowest BCUT2D eigenvalue weighted by molar-refractivity contribution is 0.0949. The number of nitrogens with one attached hydrogen (secondary N) is 1. The Labute approximate surface area is 150 Å². The molecule has 3 N–H and O–H groups in total. The number of carbonyl (C=O) groups excluding carboxylic acids is 1. The molecule has 0 spiro atoms. The van der Waals surface area contributed by atoms with Gasteiger partial charge < -0.3 is 11.1 Å². The second kappa shape index (κ2) is 9.36. The first-order chi connectivity index (χ1) is 10.9. The summed E-state index contributed by atoms with van der Waals surface area (Å²) in [7, 11) is -3.63. The summed E-state index contributed by atoms with van der Waals surface area (Å²) in [6.07, 6.45) is 3.42. The van der Waals surface area contributed by atoms with Crippen molar-refractivity contribution in [3.63, 3.8) is 0 Å². The van der Waals surface area contributed by atoms with Crippen LogP contribution < -0.4 is 11.1 Å².